The van der Waals surface area contributed by atoms with Gasteiger partial charge in [-0.15, -0.1) is 0 Å². The van der Waals surface area contributed by atoms with Crippen LogP contribution >= 0.6 is 0 Å². The Hall–Kier alpha value is -3.55. The number of carbonyl (C=O) groups excluding carboxylic acids is 3. The number of nitrogens with one attached hydrogen (secondary N) is 1. The number of aromatic hydroxyl groups is 1. The number of ether oxygens (including phenoxy) is 2. The van der Waals surface area contributed by atoms with E-state index in [0.717, 1.165) is 27.8 Å². The van der Waals surface area contributed by atoms with Crippen LogP contribution in [0.4, 0.5) is 4.79 Å². The normalized spacial score (nSPS) is 16.1. The lowest BCUT2D eigenvalue weighted by Gasteiger charge is -2.39. The number of benzene rings is 2. The minimum Gasteiger partial charge on any atom is -0.508 e. The minimum absolute atomic E-state index is 0.0486. The molecule has 1 heterocycles. The van der Waals surface area contributed by atoms with Crippen molar-refractivity contribution in [1.29, 1.82) is 0 Å². The van der Waals surface area contributed by atoms with Gasteiger partial charge in [0.1, 0.15) is 17.4 Å². The molecule has 0 spiro atoms. The number of fused-ring (bicyclic) bond motifs is 1. The first-order valence-electron chi connectivity index (χ1n) is 12.1. The third-order valence-corrected chi connectivity index (χ3v) is 6.35. The molecule has 0 aromatic heterocycles. The number of amides is 2. The molecule has 3 rings (SSSR count). The zero-order chi connectivity index (χ0) is 26.6. The molecule has 0 radical (unpaired) electrons. The Balaban J connectivity index is 1.97. The quantitative estimate of drug-likeness (QED) is 0.587. The van der Waals surface area contributed by atoms with Crippen LogP contribution in [0.2, 0.25) is 0 Å². The first-order chi connectivity index (χ1) is 16.9. The summed E-state index contributed by atoms with van der Waals surface area (Å²) in [6.07, 6.45) is 0.0661. The van der Waals surface area contributed by atoms with Crippen molar-refractivity contribution < 1.29 is 29.0 Å². The molecule has 8 nitrogen and oxygen atoms in total. The number of hydrogen-bond donors (Lipinski definition) is 2. The number of esters is 1. The van der Waals surface area contributed by atoms with Crippen LogP contribution in [-0.4, -0.2) is 52.8 Å². The molecule has 0 unspecified atom stereocenters. The third-order valence-electron chi connectivity index (χ3n) is 6.35. The number of carbonyl (C=O) groups is 3. The van der Waals surface area contributed by atoms with Crippen LogP contribution in [0.1, 0.15) is 55.0 Å². The van der Waals surface area contributed by atoms with Crippen molar-refractivity contribution in [3.05, 3.63) is 64.2 Å². The molecular weight excluding hydrogens is 460 g/mol. The SMILES string of the molecule is COC(=O)C[C@@H]1Cc2ccccc2CN1C(=O)[C@H](Cc1c(C)cc(O)cc1C)NC(=O)OC(C)(C)C. The van der Waals surface area contributed by atoms with Crippen molar-refractivity contribution in [2.45, 2.75) is 78.1 Å². The molecule has 2 N–H and O–H groups in total. The summed E-state index contributed by atoms with van der Waals surface area (Å²) in [6.45, 7) is 9.29. The number of aryl methyl sites for hydroxylation is 2. The summed E-state index contributed by atoms with van der Waals surface area (Å²) in [6, 6.07) is 9.74. The van der Waals surface area contributed by atoms with E-state index >= 15 is 0 Å². The second-order valence-electron chi connectivity index (χ2n) is 10.3. The lowest BCUT2D eigenvalue weighted by Crippen LogP contribution is -2.55. The standard InChI is InChI=1S/C28H36N2O6/c1-17-11-22(31)12-18(2)23(17)15-24(29-27(34)36-28(3,4)5)26(33)30-16-20-10-8-7-9-19(20)13-21(30)14-25(32)35-6/h7-12,21,24,31H,13-16H2,1-6H3,(H,29,34)/t21-,24-/m0/s1. The molecule has 8 heteroatoms. The predicted molar refractivity (Wildman–Crippen MR) is 136 cm³/mol. The first-order valence-corrected chi connectivity index (χ1v) is 12.1. The van der Waals surface area contributed by atoms with Gasteiger partial charge >= 0.3 is 12.1 Å². The Morgan fingerprint density at radius 3 is 2.31 bits per heavy atom. The molecule has 0 saturated carbocycles. The maximum Gasteiger partial charge on any atom is 0.408 e. The van der Waals surface area contributed by atoms with E-state index < -0.39 is 29.7 Å². The molecule has 0 fully saturated rings. The van der Waals surface area contributed by atoms with Crippen LogP contribution in [0.15, 0.2) is 36.4 Å². The fraction of sp³-hybridized carbons (Fsp3) is 0.464. The van der Waals surface area contributed by atoms with Crippen molar-refractivity contribution in [3.8, 4) is 5.75 Å². The minimum atomic E-state index is -0.938. The summed E-state index contributed by atoms with van der Waals surface area (Å²) in [5, 5.41) is 12.7. The van der Waals surface area contributed by atoms with E-state index in [-0.39, 0.29) is 24.5 Å². The van der Waals surface area contributed by atoms with E-state index in [2.05, 4.69) is 5.32 Å². The van der Waals surface area contributed by atoms with Crippen molar-refractivity contribution >= 4 is 18.0 Å². The monoisotopic (exact) mass is 496 g/mol. The molecule has 2 atom stereocenters. The summed E-state index contributed by atoms with van der Waals surface area (Å²) in [5.74, 6) is -0.572. The number of phenolic OH excluding ortho intramolecular Hbond substituents is 1. The topological polar surface area (TPSA) is 105 Å². The van der Waals surface area contributed by atoms with Crippen LogP contribution in [0.5, 0.6) is 5.75 Å². The highest BCUT2D eigenvalue weighted by atomic mass is 16.6. The molecule has 0 bridgehead atoms. The van der Waals surface area contributed by atoms with E-state index in [0.29, 0.717) is 13.0 Å². The second-order valence-corrected chi connectivity index (χ2v) is 10.3. The Kier molecular flexibility index (Phi) is 8.28. The van der Waals surface area contributed by atoms with Crippen molar-refractivity contribution in [2.75, 3.05) is 7.11 Å². The molecule has 1 aliphatic rings. The van der Waals surface area contributed by atoms with Crippen molar-refractivity contribution in [2.24, 2.45) is 0 Å². The summed E-state index contributed by atoms with van der Waals surface area (Å²) in [5.41, 5.74) is 3.82. The van der Waals surface area contributed by atoms with E-state index in [1.165, 1.54) is 7.11 Å². The predicted octanol–water partition coefficient (Wildman–Crippen LogP) is 3.96. The van der Waals surface area contributed by atoms with Gasteiger partial charge < -0.3 is 24.8 Å². The number of methoxy groups -OCH3 is 1. The average Bonchev–Trinajstić information content (AvgIpc) is 2.78. The molecule has 0 saturated heterocycles. The van der Waals surface area contributed by atoms with E-state index in [9.17, 15) is 19.5 Å². The lowest BCUT2D eigenvalue weighted by molar-refractivity contribution is -0.145. The number of nitrogens with zero attached hydrogens (tertiary/aromatic N) is 1. The highest BCUT2D eigenvalue weighted by molar-refractivity contribution is 5.87. The number of phenols is 1. The molecular formula is C28H36N2O6. The molecule has 2 aromatic carbocycles. The van der Waals surface area contributed by atoms with Gasteiger partial charge in [0.05, 0.1) is 13.5 Å². The van der Waals surface area contributed by atoms with Gasteiger partial charge in [0, 0.05) is 19.0 Å². The number of alkyl carbamates (subject to hydrolysis) is 1. The largest absolute Gasteiger partial charge is 0.508 e. The Bertz CT molecular complexity index is 1110. The smallest absolute Gasteiger partial charge is 0.408 e. The van der Waals surface area contributed by atoms with Crippen molar-refractivity contribution in [3.63, 3.8) is 0 Å². The fourth-order valence-electron chi connectivity index (χ4n) is 4.65. The number of hydrogen-bond acceptors (Lipinski definition) is 6. The number of rotatable bonds is 6. The molecule has 0 aliphatic carbocycles. The highest BCUT2D eigenvalue weighted by Gasteiger charge is 2.36. The molecule has 1 aliphatic heterocycles. The van der Waals surface area contributed by atoms with Crippen LogP contribution in [0.25, 0.3) is 0 Å². The van der Waals surface area contributed by atoms with Crippen molar-refractivity contribution in [1.82, 2.24) is 10.2 Å². The van der Waals surface area contributed by atoms with Crippen LogP contribution in [-0.2, 0) is 38.4 Å². The first kappa shape index (κ1) is 27.0. The zero-order valence-corrected chi connectivity index (χ0v) is 21.9. The maximum absolute atomic E-state index is 14.0. The summed E-state index contributed by atoms with van der Waals surface area (Å²) < 4.78 is 10.4. The van der Waals surface area contributed by atoms with Gasteiger partial charge in [-0.3, -0.25) is 9.59 Å². The Morgan fingerprint density at radius 2 is 1.72 bits per heavy atom. The second kappa shape index (κ2) is 11.0. The van der Waals surface area contributed by atoms with Crippen LogP contribution in [0.3, 0.4) is 0 Å². The van der Waals surface area contributed by atoms with Gasteiger partial charge in [0.25, 0.3) is 0 Å². The zero-order valence-electron chi connectivity index (χ0n) is 21.9. The third kappa shape index (κ3) is 6.77. The van der Waals surface area contributed by atoms with Gasteiger partial charge in [-0.1, -0.05) is 24.3 Å². The van der Waals surface area contributed by atoms with E-state index in [4.69, 9.17) is 9.47 Å². The fourth-order valence-corrected chi connectivity index (χ4v) is 4.65. The van der Waals surface area contributed by atoms with Crippen LogP contribution in [0, 0.1) is 13.8 Å². The van der Waals surface area contributed by atoms with E-state index in [1.807, 2.05) is 38.1 Å². The summed E-state index contributed by atoms with van der Waals surface area (Å²) in [4.78, 5) is 40.7. The summed E-state index contributed by atoms with van der Waals surface area (Å²) >= 11 is 0. The van der Waals surface area contributed by atoms with E-state index in [1.54, 1.807) is 37.8 Å². The van der Waals surface area contributed by atoms with Crippen LogP contribution < -0.4 is 5.32 Å². The molecule has 194 valence electrons. The van der Waals surface area contributed by atoms with Gasteiger partial charge in [0.2, 0.25) is 5.91 Å². The van der Waals surface area contributed by atoms with Gasteiger partial charge in [-0.25, -0.2) is 4.79 Å². The van der Waals surface area contributed by atoms with Gasteiger partial charge in [-0.2, -0.15) is 0 Å². The highest BCUT2D eigenvalue weighted by Crippen LogP contribution is 2.28. The Labute approximate surface area is 212 Å². The molecule has 36 heavy (non-hydrogen) atoms. The summed E-state index contributed by atoms with van der Waals surface area (Å²) in [7, 11) is 1.33. The Morgan fingerprint density at radius 1 is 1.11 bits per heavy atom. The molecule has 2 aromatic rings. The maximum atomic E-state index is 14.0. The van der Waals surface area contributed by atoms with Gasteiger partial charge in [0.15, 0.2) is 0 Å². The van der Waals surface area contributed by atoms with Gasteiger partial charge in [-0.05, 0) is 81.0 Å². The average molecular weight is 497 g/mol. The lowest BCUT2D eigenvalue weighted by atomic mass is 9.90. The molecule has 2 amide bonds.